The molecule has 108 valence electrons. The van der Waals surface area contributed by atoms with E-state index in [0.29, 0.717) is 0 Å². The van der Waals surface area contributed by atoms with E-state index in [1.54, 1.807) is 11.3 Å². The first-order chi connectivity index (χ1) is 10.3. The zero-order valence-corrected chi connectivity index (χ0v) is 12.8. The van der Waals surface area contributed by atoms with Crippen molar-refractivity contribution in [1.29, 1.82) is 0 Å². The Morgan fingerprint density at radius 3 is 2.76 bits per heavy atom. The van der Waals surface area contributed by atoms with Gasteiger partial charge in [0.15, 0.2) is 0 Å². The lowest BCUT2D eigenvalue weighted by molar-refractivity contribution is 0.104. The Morgan fingerprint density at radius 1 is 1.00 bits per heavy atom. The maximum atomic E-state index is 12.7. The summed E-state index contributed by atoms with van der Waals surface area (Å²) in [5.74, 6) is 1.12. The Labute approximate surface area is 128 Å². The van der Waals surface area contributed by atoms with E-state index in [2.05, 4.69) is 6.07 Å². The molecule has 0 amide bonds. The number of rotatable bonds is 2. The van der Waals surface area contributed by atoms with E-state index in [1.807, 2.05) is 18.2 Å². The van der Waals surface area contributed by atoms with Crippen LogP contribution in [0.5, 0.6) is 5.75 Å². The Bertz CT molecular complexity index is 676. The van der Waals surface area contributed by atoms with Crippen molar-refractivity contribution in [3.63, 3.8) is 0 Å². The molecule has 21 heavy (non-hydrogen) atoms. The molecule has 0 atom stereocenters. The molecule has 0 spiro atoms. The summed E-state index contributed by atoms with van der Waals surface area (Å²) in [7, 11) is 0. The summed E-state index contributed by atoms with van der Waals surface area (Å²) in [5.41, 5.74) is 3.38. The average molecular weight is 298 g/mol. The standard InChI is InChI=1S/C18H18O2S/c19-18(17-11-13-4-1-2-6-16(13)21-17)14-7-8-15-12(10-14)5-3-9-20-15/h7-8,10-11H,1-6,9H2. The first-order valence-electron chi connectivity index (χ1n) is 7.73. The van der Waals surface area contributed by atoms with E-state index < -0.39 is 0 Å². The smallest absolute Gasteiger partial charge is 0.202 e. The molecule has 1 aliphatic carbocycles. The van der Waals surface area contributed by atoms with Crippen molar-refractivity contribution in [3.8, 4) is 5.75 Å². The molecule has 0 saturated heterocycles. The lowest BCUT2D eigenvalue weighted by Crippen LogP contribution is -2.09. The predicted molar refractivity (Wildman–Crippen MR) is 84.7 cm³/mol. The number of benzene rings is 1. The molecule has 1 aromatic heterocycles. The fourth-order valence-corrected chi connectivity index (χ4v) is 4.46. The fourth-order valence-electron chi connectivity index (χ4n) is 3.25. The quantitative estimate of drug-likeness (QED) is 0.777. The molecule has 2 aliphatic rings. The van der Waals surface area contributed by atoms with Crippen molar-refractivity contribution < 1.29 is 9.53 Å². The second kappa shape index (κ2) is 5.30. The van der Waals surface area contributed by atoms with Crippen LogP contribution in [0.15, 0.2) is 24.3 Å². The minimum Gasteiger partial charge on any atom is -0.493 e. The van der Waals surface area contributed by atoms with Crippen LogP contribution < -0.4 is 4.74 Å². The molecule has 0 radical (unpaired) electrons. The van der Waals surface area contributed by atoms with Crippen molar-refractivity contribution in [3.05, 3.63) is 50.7 Å². The SMILES string of the molecule is O=C(c1ccc2c(c1)CCCO2)c1cc2c(s1)CCCC2. The molecule has 0 fully saturated rings. The number of aryl methyl sites for hydroxylation is 3. The van der Waals surface area contributed by atoms with E-state index in [-0.39, 0.29) is 5.78 Å². The van der Waals surface area contributed by atoms with Crippen molar-refractivity contribution in [2.24, 2.45) is 0 Å². The van der Waals surface area contributed by atoms with Crippen LogP contribution in [0.1, 0.15) is 50.5 Å². The second-order valence-corrected chi connectivity index (χ2v) is 7.01. The molecular weight excluding hydrogens is 280 g/mol. The molecule has 2 heterocycles. The number of hydrogen-bond acceptors (Lipinski definition) is 3. The minimum atomic E-state index is 0.169. The van der Waals surface area contributed by atoms with Crippen LogP contribution >= 0.6 is 11.3 Å². The van der Waals surface area contributed by atoms with E-state index in [1.165, 1.54) is 28.8 Å². The van der Waals surface area contributed by atoms with Crippen LogP contribution in [0.2, 0.25) is 0 Å². The normalized spacial score (nSPS) is 16.8. The van der Waals surface area contributed by atoms with Gasteiger partial charge in [0.2, 0.25) is 5.78 Å². The second-order valence-electron chi connectivity index (χ2n) is 5.87. The summed E-state index contributed by atoms with van der Waals surface area (Å²) in [5, 5.41) is 0. The average Bonchev–Trinajstić information content (AvgIpc) is 2.97. The van der Waals surface area contributed by atoms with Crippen LogP contribution in [-0.2, 0) is 19.3 Å². The van der Waals surface area contributed by atoms with E-state index >= 15 is 0 Å². The maximum absolute atomic E-state index is 12.7. The molecule has 1 aliphatic heterocycles. The third-order valence-electron chi connectivity index (χ3n) is 4.39. The number of ether oxygens (including phenoxy) is 1. The van der Waals surface area contributed by atoms with Crippen molar-refractivity contribution in [2.45, 2.75) is 38.5 Å². The number of thiophene rings is 1. The zero-order chi connectivity index (χ0) is 14.2. The van der Waals surface area contributed by atoms with Gasteiger partial charge in [0.05, 0.1) is 11.5 Å². The fraction of sp³-hybridized carbons (Fsp3) is 0.389. The molecule has 0 bridgehead atoms. The van der Waals surface area contributed by atoms with E-state index in [4.69, 9.17) is 4.74 Å². The lowest BCUT2D eigenvalue weighted by Gasteiger charge is -2.17. The highest BCUT2D eigenvalue weighted by Gasteiger charge is 2.20. The Hall–Kier alpha value is -1.61. The van der Waals surface area contributed by atoms with Crippen molar-refractivity contribution >= 4 is 17.1 Å². The molecular formula is C18H18O2S. The monoisotopic (exact) mass is 298 g/mol. The topological polar surface area (TPSA) is 26.3 Å². The largest absolute Gasteiger partial charge is 0.493 e. The van der Waals surface area contributed by atoms with Crippen LogP contribution in [0, 0.1) is 0 Å². The molecule has 0 N–H and O–H groups in total. The molecule has 0 saturated carbocycles. The third kappa shape index (κ3) is 2.40. The maximum Gasteiger partial charge on any atom is 0.202 e. The van der Waals surface area contributed by atoms with E-state index in [9.17, 15) is 4.79 Å². The summed E-state index contributed by atoms with van der Waals surface area (Å²) < 4.78 is 5.62. The highest BCUT2D eigenvalue weighted by molar-refractivity contribution is 7.14. The first kappa shape index (κ1) is 13.1. The Balaban J connectivity index is 1.66. The molecule has 0 unspecified atom stereocenters. The first-order valence-corrected chi connectivity index (χ1v) is 8.55. The minimum absolute atomic E-state index is 0.169. The number of carbonyl (C=O) groups is 1. The van der Waals surface area contributed by atoms with Gasteiger partial charge in [-0.2, -0.15) is 0 Å². The summed E-state index contributed by atoms with van der Waals surface area (Å²) in [6, 6.07) is 8.01. The number of ketones is 1. The van der Waals surface area contributed by atoms with Gasteiger partial charge in [-0.25, -0.2) is 0 Å². The Kier molecular flexibility index (Phi) is 3.30. The van der Waals surface area contributed by atoms with Crippen LogP contribution in [0.25, 0.3) is 0 Å². The third-order valence-corrected chi connectivity index (χ3v) is 5.63. The van der Waals surface area contributed by atoms with Gasteiger partial charge in [-0.15, -0.1) is 11.3 Å². The zero-order valence-electron chi connectivity index (χ0n) is 12.0. The van der Waals surface area contributed by atoms with E-state index in [0.717, 1.165) is 48.5 Å². The van der Waals surface area contributed by atoms with Crippen molar-refractivity contribution in [1.82, 2.24) is 0 Å². The predicted octanol–water partition coefficient (Wildman–Crippen LogP) is 4.18. The number of carbonyl (C=O) groups excluding carboxylic acids is 1. The number of hydrogen-bond donors (Lipinski definition) is 0. The summed E-state index contributed by atoms with van der Waals surface area (Å²) in [4.78, 5) is 15.0. The highest BCUT2D eigenvalue weighted by atomic mass is 32.1. The van der Waals surface area contributed by atoms with Gasteiger partial charge in [-0.05, 0) is 73.9 Å². The molecule has 4 rings (SSSR count). The summed E-state index contributed by atoms with van der Waals surface area (Å²) in [6.45, 7) is 0.790. The van der Waals surface area contributed by atoms with Gasteiger partial charge in [-0.3, -0.25) is 4.79 Å². The van der Waals surface area contributed by atoms with Gasteiger partial charge in [-0.1, -0.05) is 0 Å². The van der Waals surface area contributed by atoms with Crippen LogP contribution in [-0.4, -0.2) is 12.4 Å². The van der Waals surface area contributed by atoms with Crippen LogP contribution in [0.3, 0.4) is 0 Å². The Morgan fingerprint density at radius 2 is 1.86 bits per heavy atom. The van der Waals surface area contributed by atoms with Gasteiger partial charge >= 0.3 is 0 Å². The van der Waals surface area contributed by atoms with Gasteiger partial charge in [0, 0.05) is 10.4 Å². The molecule has 3 heteroatoms. The van der Waals surface area contributed by atoms with Gasteiger partial charge < -0.3 is 4.74 Å². The highest BCUT2D eigenvalue weighted by Crippen LogP contribution is 2.32. The van der Waals surface area contributed by atoms with Crippen molar-refractivity contribution in [2.75, 3.05) is 6.61 Å². The van der Waals surface area contributed by atoms with Gasteiger partial charge in [0.25, 0.3) is 0 Å². The van der Waals surface area contributed by atoms with Crippen LogP contribution in [0.4, 0.5) is 0 Å². The number of fused-ring (bicyclic) bond motifs is 2. The summed E-state index contributed by atoms with van der Waals surface area (Å²) in [6.07, 6.45) is 6.85. The lowest BCUT2D eigenvalue weighted by atomic mass is 9.97. The molecule has 2 nitrogen and oxygen atoms in total. The molecule has 1 aromatic carbocycles. The van der Waals surface area contributed by atoms with Gasteiger partial charge in [0.1, 0.15) is 5.75 Å². The summed E-state index contributed by atoms with van der Waals surface area (Å²) >= 11 is 1.69. The molecule has 2 aromatic rings.